The molecule has 2 nitrogen and oxygen atoms in total. The van der Waals surface area contributed by atoms with Crippen molar-refractivity contribution in [3.8, 4) is 5.75 Å². The van der Waals surface area contributed by atoms with Crippen molar-refractivity contribution in [2.75, 3.05) is 13.2 Å². The molecule has 2 atom stereocenters. The van der Waals surface area contributed by atoms with E-state index in [0.29, 0.717) is 6.04 Å². The summed E-state index contributed by atoms with van der Waals surface area (Å²) < 4.78 is 5.55. The summed E-state index contributed by atoms with van der Waals surface area (Å²) in [6.07, 6.45) is 3.66. The molecule has 0 amide bonds. The molecule has 1 fully saturated rings. The van der Waals surface area contributed by atoms with Gasteiger partial charge < -0.3 is 10.1 Å². The zero-order valence-corrected chi connectivity index (χ0v) is 9.83. The summed E-state index contributed by atoms with van der Waals surface area (Å²) in [6.45, 7) is 4.31. The topological polar surface area (TPSA) is 21.3 Å². The van der Waals surface area contributed by atoms with Crippen LogP contribution < -0.4 is 10.1 Å². The fourth-order valence-corrected chi connectivity index (χ4v) is 2.99. The molecule has 1 aromatic rings. The quantitative estimate of drug-likeness (QED) is 0.822. The summed E-state index contributed by atoms with van der Waals surface area (Å²) >= 11 is 0. The van der Waals surface area contributed by atoms with Crippen molar-refractivity contribution in [1.82, 2.24) is 5.32 Å². The lowest BCUT2D eigenvalue weighted by atomic mass is 9.91. The predicted octanol–water partition coefficient (Wildman–Crippen LogP) is 2.68. The van der Waals surface area contributed by atoms with Gasteiger partial charge in [-0.3, -0.25) is 0 Å². The lowest BCUT2D eigenvalue weighted by molar-refractivity contribution is 0.356. The molecule has 0 spiro atoms. The Bertz CT molecular complexity index is 388. The summed E-state index contributed by atoms with van der Waals surface area (Å²) in [5.41, 5.74) is 2.84. The molecule has 2 heterocycles. The van der Waals surface area contributed by atoms with Gasteiger partial charge in [-0.15, -0.1) is 0 Å². The molecule has 1 aromatic carbocycles. The number of benzene rings is 1. The average molecular weight is 217 g/mol. The van der Waals surface area contributed by atoms with Crippen LogP contribution in [0.3, 0.4) is 0 Å². The third-order valence-electron chi connectivity index (χ3n) is 3.95. The number of rotatable bonds is 2. The van der Waals surface area contributed by atoms with E-state index in [9.17, 15) is 0 Å². The van der Waals surface area contributed by atoms with Gasteiger partial charge in [-0.2, -0.15) is 0 Å². The van der Waals surface area contributed by atoms with Crippen LogP contribution in [0.4, 0.5) is 0 Å². The summed E-state index contributed by atoms with van der Waals surface area (Å²) in [4.78, 5) is 0. The maximum Gasteiger partial charge on any atom is 0.122 e. The van der Waals surface area contributed by atoms with Crippen molar-refractivity contribution in [3.05, 3.63) is 29.3 Å². The van der Waals surface area contributed by atoms with E-state index in [0.717, 1.165) is 31.2 Å². The Hall–Kier alpha value is -1.02. The van der Waals surface area contributed by atoms with E-state index < -0.39 is 0 Å². The first kappa shape index (κ1) is 10.2. The summed E-state index contributed by atoms with van der Waals surface area (Å²) in [6, 6.07) is 7.28. The monoisotopic (exact) mass is 217 g/mol. The summed E-state index contributed by atoms with van der Waals surface area (Å²) in [7, 11) is 0. The van der Waals surface area contributed by atoms with Crippen LogP contribution in [0.1, 0.15) is 36.9 Å². The van der Waals surface area contributed by atoms with Crippen LogP contribution >= 0.6 is 0 Å². The normalized spacial score (nSPS) is 27.8. The average Bonchev–Trinajstić information content (AvgIpc) is 2.96. The van der Waals surface area contributed by atoms with E-state index in [1.165, 1.54) is 24.0 Å². The predicted molar refractivity (Wildman–Crippen MR) is 64.8 cm³/mol. The lowest BCUT2D eigenvalue weighted by Crippen LogP contribution is -2.17. The molecule has 1 saturated heterocycles. The Morgan fingerprint density at radius 1 is 1.44 bits per heavy atom. The minimum atomic E-state index is 0.566. The Morgan fingerprint density at radius 2 is 2.38 bits per heavy atom. The highest BCUT2D eigenvalue weighted by Gasteiger charge is 2.27. The Balaban J connectivity index is 1.89. The smallest absolute Gasteiger partial charge is 0.122 e. The Morgan fingerprint density at radius 3 is 3.25 bits per heavy atom. The number of fused-ring (bicyclic) bond motifs is 1. The standard InChI is InChI=1S/C14H19NO/c1-2-10-5-7-15-14(10)12-3-4-13-11(9-12)6-8-16-13/h3-4,9-10,14-15H,2,5-8H2,1H3. The zero-order chi connectivity index (χ0) is 11.0. The van der Waals surface area contributed by atoms with Crippen LogP contribution in [0.15, 0.2) is 18.2 Å². The molecule has 2 unspecified atom stereocenters. The Labute approximate surface area is 97.0 Å². The van der Waals surface area contributed by atoms with E-state index in [1.54, 1.807) is 0 Å². The summed E-state index contributed by atoms with van der Waals surface area (Å²) in [5.74, 6) is 1.90. The van der Waals surface area contributed by atoms with Crippen molar-refractivity contribution in [2.45, 2.75) is 32.2 Å². The maximum atomic E-state index is 5.55. The second kappa shape index (κ2) is 4.10. The van der Waals surface area contributed by atoms with Gasteiger partial charge in [-0.1, -0.05) is 25.5 Å². The van der Waals surface area contributed by atoms with Crippen molar-refractivity contribution < 1.29 is 4.74 Å². The van der Waals surface area contributed by atoms with Gasteiger partial charge in [0.05, 0.1) is 6.61 Å². The third-order valence-corrected chi connectivity index (χ3v) is 3.95. The molecule has 3 rings (SSSR count). The van der Waals surface area contributed by atoms with Gasteiger partial charge in [0.25, 0.3) is 0 Å². The minimum absolute atomic E-state index is 0.566. The molecule has 0 aromatic heterocycles. The third kappa shape index (κ3) is 1.61. The number of nitrogens with one attached hydrogen (secondary N) is 1. The second-order valence-electron chi connectivity index (χ2n) is 4.85. The van der Waals surface area contributed by atoms with Crippen LogP contribution in [0.25, 0.3) is 0 Å². The van der Waals surface area contributed by atoms with Crippen molar-refractivity contribution >= 4 is 0 Å². The maximum absolute atomic E-state index is 5.55. The van der Waals surface area contributed by atoms with E-state index >= 15 is 0 Å². The van der Waals surface area contributed by atoms with Crippen LogP contribution in [0, 0.1) is 5.92 Å². The van der Waals surface area contributed by atoms with Gasteiger partial charge in [0.1, 0.15) is 5.75 Å². The Kier molecular flexibility index (Phi) is 2.60. The van der Waals surface area contributed by atoms with Crippen LogP contribution in [0.2, 0.25) is 0 Å². The number of ether oxygens (including phenoxy) is 1. The molecule has 0 saturated carbocycles. The first-order valence-corrected chi connectivity index (χ1v) is 6.37. The molecule has 2 aliphatic rings. The largest absolute Gasteiger partial charge is 0.493 e. The molecular formula is C14H19NO. The molecule has 2 heteroatoms. The van der Waals surface area contributed by atoms with Crippen molar-refractivity contribution in [2.24, 2.45) is 5.92 Å². The van der Waals surface area contributed by atoms with Gasteiger partial charge >= 0.3 is 0 Å². The van der Waals surface area contributed by atoms with E-state index in [2.05, 4.69) is 30.4 Å². The number of hydrogen-bond acceptors (Lipinski definition) is 2. The molecule has 0 radical (unpaired) electrons. The molecule has 0 aliphatic carbocycles. The van der Waals surface area contributed by atoms with Gasteiger partial charge in [0.15, 0.2) is 0 Å². The van der Waals surface area contributed by atoms with E-state index in [1.807, 2.05) is 0 Å². The van der Waals surface area contributed by atoms with Gasteiger partial charge in [0.2, 0.25) is 0 Å². The minimum Gasteiger partial charge on any atom is -0.493 e. The summed E-state index contributed by atoms with van der Waals surface area (Å²) in [5, 5.41) is 3.62. The first-order valence-electron chi connectivity index (χ1n) is 6.37. The zero-order valence-electron chi connectivity index (χ0n) is 9.83. The van der Waals surface area contributed by atoms with Crippen LogP contribution in [0.5, 0.6) is 5.75 Å². The number of hydrogen-bond donors (Lipinski definition) is 1. The van der Waals surface area contributed by atoms with Gasteiger partial charge in [0, 0.05) is 12.5 Å². The molecule has 1 N–H and O–H groups in total. The first-order chi connectivity index (χ1) is 7.88. The fourth-order valence-electron chi connectivity index (χ4n) is 2.99. The van der Waals surface area contributed by atoms with Crippen molar-refractivity contribution in [3.63, 3.8) is 0 Å². The van der Waals surface area contributed by atoms with E-state index in [-0.39, 0.29) is 0 Å². The van der Waals surface area contributed by atoms with Gasteiger partial charge in [-0.05, 0) is 36.1 Å². The highest BCUT2D eigenvalue weighted by Crippen LogP contribution is 2.35. The van der Waals surface area contributed by atoms with Gasteiger partial charge in [-0.25, -0.2) is 0 Å². The molecule has 0 bridgehead atoms. The van der Waals surface area contributed by atoms with Crippen LogP contribution in [-0.4, -0.2) is 13.2 Å². The highest BCUT2D eigenvalue weighted by molar-refractivity contribution is 5.41. The molecular weight excluding hydrogens is 198 g/mol. The lowest BCUT2D eigenvalue weighted by Gasteiger charge is -2.19. The van der Waals surface area contributed by atoms with Crippen molar-refractivity contribution in [1.29, 1.82) is 0 Å². The van der Waals surface area contributed by atoms with Crippen LogP contribution in [-0.2, 0) is 6.42 Å². The second-order valence-corrected chi connectivity index (χ2v) is 4.85. The molecule has 16 heavy (non-hydrogen) atoms. The fraction of sp³-hybridized carbons (Fsp3) is 0.571. The SMILES string of the molecule is CCC1CCNC1c1ccc2c(c1)CCO2. The highest BCUT2D eigenvalue weighted by atomic mass is 16.5. The molecule has 86 valence electrons. The van der Waals surface area contributed by atoms with E-state index in [4.69, 9.17) is 4.74 Å². The molecule has 2 aliphatic heterocycles.